The van der Waals surface area contributed by atoms with Crippen LogP contribution in [0.5, 0.6) is 0 Å². The maximum atomic E-state index is 4.43. The number of hydrogen-bond donors (Lipinski definition) is 0. The van der Waals surface area contributed by atoms with Gasteiger partial charge in [-0.2, -0.15) is 0 Å². The highest BCUT2D eigenvalue weighted by Gasteiger charge is 2.53. The second-order valence-electron chi connectivity index (χ2n) is 14.4. The molecule has 0 fully saturated rings. The first-order valence-electron chi connectivity index (χ1n) is 18.2. The van der Waals surface area contributed by atoms with E-state index < -0.39 is 5.41 Å². The van der Waals surface area contributed by atoms with Crippen LogP contribution in [0.3, 0.4) is 0 Å². The van der Waals surface area contributed by atoms with Gasteiger partial charge in [0, 0.05) is 30.4 Å². The fraction of sp³-hybridized carbons (Fsp3) is 0.0200. The molecule has 0 radical (unpaired) electrons. The molecule has 7 aromatic carbocycles. The van der Waals surface area contributed by atoms with E-state index in [0.29, 0.717) is 0 Å². The van der Waals surface area contributed by atoms with Crippen molar-refractivity contribution in [2.24, 2.45) is 0 Å². The molecule has 0 bridgehead atoms. The van der Waals surface area contributed by atoms with E-state index in [9.17, 15) is 0 Å². The zero-order valence-electron chi connectivity index (χ0n) is 28.6. The van der Waals surface area contributed by atoms with Crippen molar-refractivity contribution in [3.63, 3.8) is 0 Å². The molecule has 1 spiro atoms. The topological polar surface area (TPSA) is 38.7 Å². The SMILES string of the molecule is c1ccc2c(c1)-c1ccccc1C21c2ccccc2-c2c1cc1c(c2-c2cc(-c3ccncc3)cc(-c3cncnc3)c2)-c2cccc3cccc-1c23. The van der Waals surface area contributed by atoms with Crippen molar-refractivity contribution in [2.45, 2.75) is 5.41 Å². The number of pyridine rings is 1. The van der Waals surface area contributed by atoms with E-state index in [-0.39, 0.29) is 0 Å². The van der Waals surface area contributed by atoms with Crippen molar-refractivity contribution < 1.29 is 0 Å². The van der Waals surface area contributed by atoms with Gasteiger partial charge in [0.2, 0.25) is 0 Å². The molecule has 3 heteroatoms. The van der Waals surface area contributed by atoms with Crippen LogP contribution in [0.1, 0.15) is 22.3 Å². The van der Waals surface area contributed by atoms with Crippen molar-refractivity contribution in [2.75, 3.05) is 0 Å². The van der Waals surface area contributed by atoms with E-state index in [0.717, 1.165) is 22.3 Å². The Kier molecular flexibility index (Phi) is 5.70. The smallest absolute Gasteiger partial charge is 0.115 e. The van der Waals surface area contributed by atoms with Gasteiger partial charge in [0.1, 0.15) is 6.33 Å². The highest BCUT2D eigenvalue weighted by atomic mass is 14.8. The van der Waals surface area contributed by atoms with Crippen LogP contribution in [0.15, 0.2) is 177 Å². The van der Waals surface area contributed by atoms with Crippen molar-refractivity contribution in [1.29, 1.82) is 0 Å². The summed E-state index contributed by atoms with van der Waals surface area (Å²) in [5.41, 5.74) is 22.0. The first-order valence-corrected chi connectivity index (χ1v) is 18.2. The molecule has 3 aliphatic carbocycles. The summed E-state index contributed by atoms with van der Waals surface area (Å²) in [6.07, 6.45) is 9.17. The first-order chi connectivity index (χ1) is 26.3. The second kappa shape index (κ2) is 10.5. The molecule has 0 atom stereocenters. The summed E-state index contributed by atoms with van der Waals surface area (Å²) in [6.45, 7) is 0. The summed E-state index contributed by atoms with van der Waals surface area (Å²) in [4.78, 5) is 13.2. The molecule has 0 amide bonds. The van der Waals surface area contributed by atoms with Gasteiger partial charge in [0.05, 0.1) is 5.41 Å². The lowest BCUT2D eigenvalue weighted by molar-refractivity contribution is 0.794. The Morgan fingerprint density at radius 1 is 0.340 bits per heavy atom. The predicted molar refractivity (Wildman–Crippen MR) is 214 cm³/mol. The molecule has 53 heavy (non-hydrogen) atoms. The molecule has 0 N–H and O–H groups in total. The van der Waals surface area contributed by atoms with Crippen molar-refractivity contribution in [3.05, 3.63) is 199 Å². The molecule has 244 valence electrons. The maximum absolute atomic E-state index is 4.43. The normalized spacial score (nSPS) is 13.4. The summed E-state index contributed by atoms with van der Waals surface area (Å²) >= 11 is 0. The molecule has 12 rings (SSSR count). The predicted octanol–water partition coefficient (Wildman–Crippen LogP) is 12.0. The van der Waals surface area contributed by atoms with Gasteiger partial charge in [-0.15, -0.1) is 0 Å². The molecule has 2 aromatic heterocycles. The van der Waals surface area contributed by atoms with E-state index in [1.807, 2.05) is 24.8 Å². The summed E-state index contributed by atoms with van der Waals surface area (Å²) < 4.78 is 0. The van der Waals surface area contributed by atoms with Gasteiger partial charge in [-0.05, 0) is 142 Å². The Morgan fingerprint density at radius 3 is 1.60 bits per heavy atom. The number of aromatic nitrogens is 3. The molecule has 9 aromatic rings. The van der Waals surface area contributed by atoms with Crippen LogP contribution in [0.4, 0.5) is 0 Å². The van der Waals surface area contributed by atoms with Gasteiger partial charge in [0.15, 0.2) is 0 Å². The second-order valence-corrected chi connectivity index (χ2v) is 14.4. The highest BCUT2D eigenvalue weighted by molar-refractivity contribution is 6.21. The summed E-state index contributed by atoms with van der Waals surface area (Å²) in [5.74, 6) is 0. The molecule has 2 heterocycles. The van der Waals surface area contributed by atoms with Gasteiger partial charge >= 0.3 is 0 Å². The van der Waals surface area contributed by atoms with Crippen LogP contribution in [0.2, 0.25) is 0 Å². The Hall–Kier alpha value is -6.97. The fourth-order valence-corrected chi connectivity index (χ4v) is 9.90. The summed E-state index contributed by atoms with van der Waals surface area (Å²) in [7, 11) is 0. The molecule has 3 aliphatic rings. The number of benzene rings is 7. The van der Waals surface area contributed by atoms with E-state index in [1.165, 1.54) is 88.7 Å². The molecule has 0 unspecified atom stereocenters. The third kappa shape index (κ3) is 3.70. The van der Waals surface area contributed by atoms with Crippen LogP contribution in [-0.2, 0) is 5.41 Å². The Balaban J connectivity index is 1.29. The van der Waals surface area contributed by atoms with Gasteiger partial charge in [-0.3, -0.25) is 4.98 Å². The van der Waals surface area contributed by atoms with E-state index >= 15 is 0 Å². The third-order valence-electron chi connectivity index (χ3n) is 11.9. The van der Waals surface area contributed by atoms with E-state index in [4.69, 9.17) is 0 Å². The Morgan fingerprint density at radius 2 is 0.906 bits per heavy atom. The van der Waals surface area contributed by atoms with Crippen LogP contribution in [0, 0.1) is 0 Å². The zero-order valence-corrected chi connectivity index (χ0v) is 28.6. The van der Waals surface area contributed by atoms with Crippen LogP contribution < -0.4 is 0 Å². The number of fused-ring (bicyclic) bond motifs is 13. The van der Waals surface area contributed by atoms with Crippen molar-refractivity contribution >= 4 is 10.8 Å². The highest BCUT2D eigenvalue weighted by Crippen LogP contribution is 2.67. The third-order valence-corrected chi connectivity index (χ3v) is 11.9. The monoisotopic (exact) mass is 671 g/mol. The summed E-state index contributed by atoms with van der Waals surface area (Å²) in [6, 6.07) is 54.6. The van der Waals surface area contributed by atoms with Gasteiger partial charge in [-0.25, -0.2) is 9.97 Å². The summed E-state index contributed by atoms with van der Waals surface area (Å²) in [5, 5.41) is 2.59. The quantitative estimate of drug-likeness (QED) is 0.188. The number of rotatable bonds is 3. The lowest BCUT2D eigenvalue weighted by Crippen LogP contribution is -2.26. The van der Waals surface area contributed by atoms with E-state index in [2.05, 4.69) is 161 Å². The molecular weight excluding hydrogens is 643 g/mol. The lowest BCUT2D eigenvalue weighted by atomic mass is 9.69. The van der Waals surface area contributed by atoms with E-state index in [1.54, 1.807) is 6.33 Å². The van der Waals surface area contributed by atoms with Crippen LogP contribution >= 0.6 is 0 Å². The maximum Gasteiger partial charge on any atom is 0.115 e. The zero-order chi connectivity index (χ0) is 34.7. The molecule has 0 aliphatic heterocycles. The van der Waals surface area contributed by atoms with Gasteiger partial charge in [0.25, 0.3) is 0 Å². The average molecular weight is 672 g/mol. The number of hydrogen-bond acceptors (Lipinski definition) is 3. The van der Waals surface area contributed by atoms with Gasteiger partial charge in [-0.1, -0.05) is 109 Å². The average Bonchev–Trinajstić information content (AvgIpc) is 3.83. The lowest BCUT2D eigenvalue weighted by Gasteiger charge is -2.31. The largest absolute Gasteiger partial charge is 0.265 e. The van der Waals surface area contributed by atoms with Crippen LogP contribution in [0.25, 0.3) is 88.7 Å². The Bertz CT molecular complexity index is 2890. The Labute approximate surface area is 307 Å². The molecule has 0 saturated heterocycles. The standard InChI is InChI=1S/C50H29N3/c1-4-16-42-36(11-1)37-12-2-5-17-43(37)50(42)44-18-6-3-13-39(44)49-45(50)26-41-38-14-7-9-31-10-8-15-40(46(31)38)48(41)47(49)34-24-32(30-19-21-51-22-20-30)23-33(25-34)35-27-52-29-53-28-35/h1-29H. The van der Waals surface area contributed by atoms with Crippen LogP contribution in [-0.4, -0.2) is 15.0 Å². The molecular formula is C50H29N3. The molecule has 0 saturated carbocycles. The minimum atomic E-state index is -0.468. The minimum Gasteiger partial charge on any atom is -0.265 e. The van der Waals surface area contributed by atoms with Crippen molar-refractivity contribution in [1.82, 2.24) is 15.0 Å². The number of nitrogens with zero attached hydrogens (tertiary/aromatic N) is 3. The van der Waals surface area contributed by atoms with Crippen molar-refractivity contribution in [3.8, 4) is 77.9 Å². The fourth-order valence-electron chi connectivity index (χ4n) is 9.90. The molecule has 3 nitrogen and oxygen atoms in total. The first kappa shape index (κ1) is 28.7. The van der Waals surface area contributed by atoms with Gasteiger partial charge < -0.3 is 0 Å². The minimum absolute atomic E-state index is 0.468.